The van der Waals surface area contributed by atoms with Crippen molar-refractivity contribution in [3.63, 3.8) is 0 Å². The van der Waals surface area contributed by atoms with E-state index in [4.69, 9.17) is 4.74 Å². The number of hydrogen-bond acceptors (Lipinski definition) is 9. The second-order valence-electron chi connectivity index (χ2n) is 11.5. The zero-order chi connectivity index (χ0) is 34.0. The van der Waals surface area contributed by atoms with Crippen LogP contribution in [0.3, 0.4) is 0 Å². The van der Waals surface area contributed by atoms with Crippen LogP contribution in [0, 0.1) is 17.5 Å². The number of aryl methyl sites for hydroxylation is 1. The van der Waals surface area contributed by atoms with Gasteiger partial charge in [0, 0.05) is 5.56 Å². The molecule has 0 fully saturated rings. The molecule has 3 rings (SSSR count). The molecule has 0 bridgehead atoms. The maximum atomic E-state index is 13.5. The van der Waals surface area contributed by atoms with Gasteiger partial charge in [0.15, 0.2) is 11.2 Å². The van der Waals surface area contributed by atoms with Crippen LogP contribution in [-0.2, 0) is 35.4 Å². The van der Waals surface area contributed by atoms with Gasteiger partial charge in [-0.1, -0.05) is 29.8 Å². The summed E-state index contributed by atoms with van der Waals surface area (Å²) in [5, 5.41) is 20.0. The summed E-state index contributed by atoms with van der Waals surface area (Å²) >= 11 is 0. The highest BCUT2D eigenvalue weighted by Crippen LogP contribution is 2.33. The molecule has 0 unspecified atom stereocenters. The minimum absolute atomic E-state index is 0.125. The highest BCUT2D eigenvalue weighted by atomic mass is 32.2. The normalized spacial score (nSPS) is 12.9. The Labute approximate surface area is 257 Å². The molecular weight excluding hydrogens is 621 g/mol. The van der Waals surface area contributed by atoms with E-state index in [1.165, 1.54) is 26.0 Å². The van der Waals surface area contributed by atoms with Crippen LogP contribution in [0.25, 0.3) is 16.9 Å². The van der Waals surface area contributed by atoms with E-state index in [0.29, 0.717) is 5.56 Å². The van der Waals surface area contributed by atoms with E-state index in [-0.39, 0.29) is 21.2 Å². The molecule has 3 aromatic rings. The molecule has 1 amide bonds. The third-order valence-corrected chi connectivity index (χ3v) is 7.92. The Morgan fingerprint density at radius 1 is 1.04 bits per heavy atom. The van der Waals surface area contributed by atoms with Crippen LogP contribution in [0.2, 0.25) is 0 Å². The summed E-state index contributed by atoms with van der Waals surface area (Å²) in [7, 11) is -3.36. The molecule has 0 saturated heterocycles. The van der Waals surface area contributed by atoms with Gasteiger partial charge in [0.1, 0.15) is 0 Å². The van der Waals surface area contributed by atoms with Gasteiger partial charge in [-0.3, -0.25) is 9.59 Å². The highest BCUT2D eigenvalue weighted by molar-refractivity contribution is 7.90. The maximum absolute atomic E-state index is 13.5. The first-order valence-corrected chi connectivity index (χ1v) is 14.8. The first-order chi connectivity index (χ1) is 20.6. The number of rotatable bonds is 10. The van der Waals surface area contributed by atoms with Crippen LogP contribution in [-0.4, -0.2) is 59.4 Å². The van der Waals surface area contributed by atoms with E-state index in [9.17, 15) is 36.4 Å². The van der Waals surface area contributed by atoms with Crippen molar-refractivity contribution in [2.75, 3.05) is 13.8 Å². The van der Waals surface area contributed by atoms with Gasteiger partial charge in [0.05, 0.1) is 33.7 Å². The Bertz CT molecular complexity index is 1680. The number of halogens is 3. The summed E-state index contributed by atoms with van der Waals surface area (Å²) in [6.07, 6.45) is -4.73. The lowest BCUT2D eigenvalue weighted by Crippen LogP contribution is -2.56. The number of benzene rings is 2. The first kappa shape index (κ1) is 34.8. The molecule has 17 heteroatoms. The van der Waals surface area contributed by atoms with Crippen molar-refractivity contribution < 1.29 is 45.7 Å². The van der Waals surface area contributed by atoms with E-state index in [0.717, 1.165) is 40.5 Å². The lowest BCUT2D eigenvalue weighted by Gasteiger charge is -2.29. The SMILES string of the molecule is Cc1ccc(-c2cc(C(F)(F)F)nn2-c2ccc(S(=O)(=O)NC(=O)C(C)(C)N(C)/[N+]([O-])=N/OCOC(=O)C(C)(C)C)cc2)cc1. The van der Waals surface area contributed by atoms with Gasteiger partial charge in [-0.25, -0.2) is 17.8 Å². The van der Waals surface area contributed by atoms with Gasteiger partial charge in [-0.2, -0.15) is 18.3 Å². The van der Waals surface area contributed by atoms with Crippen LogP contribution >= 0.6 is 0 Å². The van der Waals surface area contributed by atoms with Crippen molar-refractivity contribution >= 4 is 21.9 Å². The summed E-state index contributed by atoms with van der Waals surface area (Å²) < 4.78 is 74.3. The predicted octanol–water partition coefficient (Wildman–Crippen LogP) is 4.74. The molecule has 0 aliphatic heterocycles. The van der Waals surface area contributed by atoms with Crippen molar-refractivity contribution in [2.45, 2.75) is 58.2 Å². The summed E-state index contributed by atoms with van der Waals surface area (Å²) in [5.41, 5.74) is -2.14. The van der Waals surface area contributed by atoms with E-state index in [1.807, 2.05) is 11.6 Å². The lowest BCUT2D eigenvalue weighted by atomic mass is 9.98. The molecule has 0 atom stereocenters. The number of likely N-dealkylation sites (N-methyl/N-ethyl adjacent to an activating group) is 1. The van der Waals surface area contributed by atoms with Crippen molar-refractivity contribution in [3.8, 4) is 16.9 Å². The molecule has 0 spiro atoms. The number of alkyl halides is 3. The van der Waals surface area contributed by atoms with Crippen molar-refractivity contribution in [1.29, 1.82) is 0 Å². The highest BCUT2D eigenvalue weighted by Gasteiger charge is 2.41. The number of aromatic nitrogens is 2. The van der Waals surface area contributed by atoms with Gasteiger partial charge in [0.2, 0.25) is 5.28 Å². The molecule has 0 radical (unpaired) electrons. The zero-order valence-corrected chi connectivity index (χ0v) is 26.4. The van der Waals surface area contributed by atoms with Crippen molar-refractivity contribution in [2.24, 2.45) is 10.7 Å². The molecule has 244 valence electrons. The number of esters is 1. The standard InChI is InChI=1S/C28H33F3N6O7S/c1-18-8-10-19(11-9-18)22-16-23(28(29,30)31)32-36(22)20-12-14-21(15-13-20)45(41,42)33-24(38)27(5,6)35(7)37(40)34-44-17-43-25(39)26(2,3)4/h8-16H,17H2,1-7H3,(H,33,38)/b37-34-. The predicted molar refractivity (Wildman–Crippen MR) is 153 cm³/mol. The zero-order valence-electron chi connectivity index (χ0n) is 25.5. The van der Waals surface area contributed by atoms with Gasteiger partial charge < -0.3 is 14.8 Å². The summed E-state index contributed by atoms with van der Waals surface area (Å²) in [5.74, 6) is -1.73. The first-order valence-electron chi connectivity index (χ1n) is 13.3. The summed E-state index contributed by atoms with van der Waals surface area (Å²) in [6.45, 7) is 8.46. The van der Waals surface area contributed by atoms with Crippen LogP contribution in [0.4, 0.5) is 13.2 Å². The molecule has 0 saturated carbocycles. The van der Waals surface area contributed by atoms with Crippen LogP contribution in [0.5, 0.6) is 0 Å². The third-order valence-electron chi connectivity index (χ3n) is 6.57. The topological polar surface area (TPSA) is 158 Å². The average molecular weight is 655 g/mol. The fourth-order valence-corrected chi connectivity index (χ4v) is 4.61. The van der Waals surface area contributed by atoms with Crippen LogP contribution in [0.1, 0.15) is 45.9 Å². The van der Waals surface area contributed by atoms with Crippen molar-refractivity contribution in [3.05, 3.63) is 71.1 Å². The molecule has 2 aromatic carbocycles. The third kappa shape index (κ3) is 8.29. The van der Waals surface area contributed by atoms with Crippen LogP contribution in [0.15, 0.2) is 64.8 Å². The fraction of sp³-hybridized carbons (Fsp3) is 0.393. The molecule has 45 heavy (non-hydrogen) atoms. The molecular formula is C28H33F3N6O7S. The molecule has 0 aliphatic carbocycles. The van der Waals surface area contributed by atoms with Gasteiger partial charge in [0.25, 0.3) is 22.7 Å². The smallest absolute Gasteiger partial charge is 0.435 e. The quantitative estimate of drug-likeness (QED) is 0.0814. The molecule has 0 aliphatic rings. The maximum Gasteiger partial charge on any atom is 0.435 e. The average Bonchev–Trinajstić information content (AvgIpc) is 3.40. The van der Waals surface area contributed by atoms with Gasteiger partial charge in [-0.15, -0.1) is 5.01 Å². The lowest BCUT2D eigenvalue weighted by molar-refractivity contribution is -0.717. The van der Waals surface area contributed by atoms with E-state index in [1.54, 1.807) is 45.0 Å². The van der Waals surface area contributed by atoms with E-state index >= 15 is 0 Å². The number of sulfonamides is 1. The monoisotopic (exact) mass is 654 g/mol. The number of amides is 1. The van der Waals surface area contributed by atoms with Crippen LogP contribution < -0.4 is 4.72 Å². The summed E-state index contributed by atoms with van der Waals surface area (Å²) in [4.78, 5) is 28.9. The Balaban J connectivity index is 1.78. The number of carbonyl (C=O) groups is 2. The number of hydrazine groups is 1. The van der Waals surface area contributed by atoms with Gasteiger partial charge in [-0.05, 0) is 71.9 Å². The number of nitrogens with zero attached hydrogens (tertiary/aromatic N) is 5. The molecule has 1 heterocycles. The van der Waals surface area contributed by atoms with E-state index in [2.05, 4.69) is 15.2 Å². The number of nitrogens with one attached hydrogen (secondary N) is 1. The second kappa shape index (κ2) is 12.7. The minimum atomic E-state index is -4.73. The van der Waals surface area contributed by atoms with E-state index < -0.39 is 51.5 Å². The Hall–Kier alpha value is -4.67. The molecule has 13 nitrogen and oxygen atoms in total. The molecule has 1 aromatic heterocycles. The number of carbonyl (C=O) groups excluding carboxylic acids is 2. The number of hydrogen-bond donors (Lipinski definition) is 1. The Kier molecular flexibility index (Phi) is 9.86. The van der Waals surface area contributed by atoms with Crippen molar-refractivity contribution in [1.82, 2.24) is 19.5 Å². The minimum Gasteiger partial charge on any atom is -0.569 e. The molecule has 1 N–H and O–H groups in total. The second-order valence-corrected chi connectivity index (χ2v) is 13.1. The van der Waals surface area contributed by atoms with Gasteiger partial charge >= 0.3 is 12.1 Å². The fourth-order valence-electron chi connectivity index (χ4n) is 3.50. The largest absolute Gasteiger partial charge is 0.569 e. The Morgan fingerprint density at radius 2 is 1.62 bits per heavy atom. The summed E-state index contributed by atoms with van der Waals surface area (Å²) in [6, 6.07) is 12.3. The Morgan fingerprint density at radius 3 is 2.16 bits per heavy atom. The number of ether oxygens (including phenoxy) is 1.